The van der Waals surface area contributed by atoms with E-state index in [1.54, 1.807) is 12.2 Å². The molecule has 170 valence electrons. The van der Waals surface area contributed by atoms with Gasteiger partial charge in [0.15, 0.2) is 0 Å². The summed E-state index contributed by atoms with van der Waals surface area (Å²) < 4.78 is 15.7. The molecule has 0 aromatic rings. The molecule has 0 fully saturated rings. The summed E-state index contributed by atoms with van der Waals surface area (Å²) in [7, 11) is 2.90. The van der Waals surface area contributed by atoms with Gasteiger partial charge in [0, 0.05) is 19.1 Å². The third kappa shape index (κ3) is 7.84. The molecule has 5 nitrogen and oxygen atoms in total. The number of methoxy groups -OCH3 is 2. The number of Topliss-reactive ketones (excluding diaryl/α,β-unsaturated/α-hetero) is 1. The van der Waals surface area contributed by atoms with Crippen LogP contribution in [0.5, 0.6) is 0 Å². The fraction of sp³-hybridized carbons (Fsp3) is 0.652. The number of hydrogen-bond acceptors (Lipinski definition) is 5. The highest BCUT2D eigenvalue weighted by Gasteiger charge is 2.49. The second-order valence-corrected chi connectivity index (χ2v) is 8.09. The Balaban J connectivity index is 2.89. The molecular weight excluding hydrogens is 427 g/mol. The van der Waals surface area contributed by atoms with Crippen molar-refractivity contribution in [1.29, 1.82) is 0 Å². The Hall–Kier alpha value is -1.14. The summed E-state index contributed by atoms with van der Waals surface area (Å²) in [5.74, 6) is -0.552. The van der Waals surface area contributed by atoms with E-state index < -0.39 is 5.60 Å². The average Bonchev–Trinajstić information content (AvgIpc) is 2.92. The Morgan fingerprint density at radius 2 is 1.77 bits per heavy atom. The molecular formula is C23H34Cl2O5. The molecule has 1 unspecified atom stereocenters. The highest BCUT2D eigenvalue weighted by atomic mass is 35.5. The van der Waals surface area contributed by atoms with Gasteiger partial charge in [0.1, 0.15) is 17.4 Å². The monoisotopic (exact) mass is 460 g/mol. The summed E-state index contributed by atoms with van der Waals surface area (Å²) in [5, 5.41) is 0.231. The van der Waals surface area contributed by atoms with Crippen LogP contribution in [-0.4, -0.2) is 38.4 Å². The van der Waals surface area contributed by atoms with Crippen molar-refractivity contribution >= 4 is 35.0 Å². The normalized spacial score (nSPS) is 20.7. The van der Waals surface area contributed by atoms with Gasteiger partial charge in [-0.1, -0.05) is 80.5 Å². The molecule has 1 rings (SSSR count). The Morgan fingerprint density at radius 3 is 2.43 bits per heavy atom. The predicted octanol–water partition coefficient (Wildman–Crippen LogP) is 6.19. The number of ketones is 1. The van der Waals surface area contributed by atoms with E-state index in [9.17, 15) is 9.59 Å². The molecule has 0 saturated carbocycles. The molecule has 0 saturated heterocycles. The molecule has 1 aliphatic carbocycles. The van der Waals surface area contributed by atoms with E-state index in [0.29, 0.717) is 31.3 Å². The zero-order valence-corrected chi connectivity index (χ0v) is 19.8. The number of esters is 1. The van der Waals surface area contributed by atoms with Crippen LogP contribution in [0, 0.1) is 0 Å². The first-order valence-electron chi connectivity index (χ1n) is 10.6. The quantitative estimate of drug-likeness (QED) is 0.126. The fourth-order valence-electron chi connectivity index (χ4n) is 3.41. The van der Waals surface area contributed by atoms with Crippen LogP contribution in [0.4, 0.5) is 0 Å². The predicted molar refractivity (Wildman–Crippen MR) is 121 cm³/mol. The zero-order valence-electron chi connectivity index (χ0n) is 18.3. The summed E-state index contributed by atoms with van der Waals surface area (Å²) in [6.45, 7) is 2.19. The number of hydrogen-bond donors (Lipinski definition) is 0. The van der Waals surface area contributed by atoms with Crippen LogP contribution in [-0.2, 0) is 23.8 Å². The molecule has 0 heterocycles. The van der Waals surface area contributed by atoms with E-state index in [1.807, 2.05) is 6.08 Å². The van der Waals surface area contributed by atoms with Crippen LogP contribution in [0.1, 0.15) is 71.1 Å². The van der Waals surface area contributed by atoms with Crippen molar-refractivity contribution < 1.29 is 23.8 Å². The molecule has 0 aromatic heterocycles. The number of carbonyl (C=O) groups is 2. The molecule has 7 heteroatoms. The number of ether oxygens (including phenoxy) is 3. The van der Waals surface area contributed by atoms with E-state index in [2.05, 4.69) is 11.7 Å². The smallest absolute Gasteiger partial charge is 0.305 e. The number of halogens is 2. The van der Waals surface area contributed by atoms with Gasteiger partial charge in [0.05, 0.1) is 12.1 Å². The van der Waals surface area contributed by atoms with Gasteiger partial charge in [-0.3, -0.25) is 9.59 Å². The minimum atomic E-state index is -1.08. The molecule has 0 N–H and O–H groups in total. The molecule has 1 aliphatic rings. The van der Waals surface area contributed by atoms with Gasteiger partial charge in [0.2, 0.25) is 5.78 Å². The molecule has 0 spiro atoms. The van der Waals surface area contributed by atoms with Crippen molar-refractivity contribution in [2.45, 2.75) is 76.7 Å². The Kier molecular flexibility index (Phi) is 13.3. The van der Waals surface area contributed by atoms with Crippen molar-refractivity contribution in [3.05, 3.63) is 33.9 Å². The molecule has 0 aromatic carbocycles. The second kappa shape index (κ2) is 14.8. The van der Waals surface area contributed by atoms with Crippen molar-refractivity contribution in [3.63, 3.8) is 0 Å². The van der Waals surface area contributed by atoms with E-state index in [1.165, 1.54) is 33.5 Å². The lowest BCUT2D eigenvalue weighted by Crippen LogP contribution is -2.35. The Bertz CT molecular complexity index is 654. The van der Waals surface area contributed by atoms with Crippen molar-refractivity contribution in [1.82, 2.24) is 0 Å². The number of carbonyl (C=O) groups excluding carboxylic acids is 2. The maximum Gasteiger partial charge on any atom is 0.305 e. The van der Waals surface area contributed by atoms with Crippen LogP contribution in [0.2, 0.25) is 0 Å². The number of unbranched alkanes of at least 4 members (excludes halogenated alkanes) is 6. The molecule has 1 atom stereocenters. The minimum Gasteiger partial charge on any atom is -0.469 e. The zero-order chi connectivity index (χ0) is 22.4. The van der Waals surface area contributed by atoms with Crippen LogP contribution in [0.3, 0.4) is 0 Å². The summed E-state index contributed by atoms with van der Waals surface area (Å²) in [6.07, 6.45) is 14.3. The van der Waals surface area contributed by atoms with Crippen LogP contribution < -0.4 is 0 Å². The minimum absolute atomic E-state index is 0.00366. The van der Waals surface area contributed by atoms with Crippen LogP contribution in [0.25, 0.3) is 0 Å². The lowest BCUT2D eigenvalue weighted by atomic mass is 9.89. The van der Waals surface area contributed by atoms with Gasteiger partial charge in [-0.15, -0.1) is 0 Å². The summed E-state index contributed by atoms with van der Waals surface area (Å²) in [6, 6.07) is 0. The van der Waals surface area contributed by atoms with Gasteiger partial charge in [-0.25, -0.2) is 0 Å². The third-order valence-electron chi connectivity index (χ3n) is 5.11. The van der Waals surface area contributed by atoms with Crippen molar-refractivity contribution in [3.8, 4) is 0 Å². The topological polar surface area (TPSA) is 61.8 Å². The maximum atomic E-state index is 12.8. The largest absolute Gasteiger partial charge is 0.469 e. The standard InChI is InChI=1S/C23H34Cl2O5/c1-4-5-6-7-10-13-16-23(30-17-28-2)18(21(27)20(24)22(23)25)14-11-8-9-12-15-19(26)29-3/h8,11,14H,4-7,9-10,12-13,15-17H2,1-3H3/b11-8+,18-14-. The number of rotatable bonds is 15. The maximum absolute atomic E-state index is 12.8. The highest BCUT2D eigenvalue weighted by Crippen LogP contribution is 2.47. The first kappa shape index (κ1) is 26.9. The van der Waals surface area contributed by atoms with E-state index in [-0.39, 0.29) is 28.6 Å². The van der Waals surface area contributed by atoms with Gasteiger partial charge in [-0.05, 0) is 25.7 Å². The Labute approximate surface area is 190 Å². The number of allylic oxidation sites excluding steroid dienone is 4. The van der Waals surface area contributed by atoms with Crippen LogP contribution in [0.15, 0.2) is 33.9 Å². The third-order valence-corrected chi connectivity index (χ3v) is 6.06. The summed E-state index contributed by atoms with van der Waals surface area (Å²) in [5.41, 5.74) is -0.653. The van der Waals surface area contributed by atoms with E-state index in [0.717, 1.165) is 19.3 Å². The van der Waals surface area contributed by atoms with Gasteiger partial charge in [-0.2, -0.15) is 0 Å². The summed E-state index contributed by atoms with van der Waals surface area (Å²) in [4.78, 5) is 23.9. The second-order valence-electron chi connectivity index (χ2n) is 7.33. The van der Waals surface area contributed by atoms with E-state index >= 15 is 0 Å². The molecule has 0 bridgehead atoms. The fourth-order valence-corrected chi connectivity index (χ4v) is 4.00. The van der Waals surface area contributed by atoms with Crippen LogP contribution >= 0.6 is 23.2 Å². The van der Waals surface area contributed by atoms with Crippen molar-refractivity contribution in [2.24, 2.45) is 0 Å². The summed E-state index contributed by atoms with van der Waals surface area (Å²) >= 11 is 12.7. The van der Waals surface area contributed by atoms with E-state index in [4.69, 9.17) is 32.7 Å². The van der Waals surface area contributed by atoms with Gasteiger partial charge in [0.25, 0.3) is 0 Å². The lowest BCUT2D eigenvalue weighted by molar-refractivity contribution is -0.140. The lowest BCUT2D eigenvalue weighted by Gasteiger charge is -2.31. The molecule has 0 aliphatic heterocycles. The average molecular weight is 461 g/mol. The first-order valence-corrected chi connectivity index (χ1v) is 11.4. The molecule has 30 heavy (non-hydrogen) atoms. The molecule has 0 amide bonds. The first-order chi connectivity index (χ1) is 14.4. The van der Waals surface area contributed by atoms with Crippen molar-refractivity contribution in [2.75, 3.05) is 21.0 Å². The molecule has 0 radical (unpaired) electrons. The SMILES string of the molecule is CCCCCCCCC1(OCOC)C(Cl)=C(Cl)C(=O)/C1=C/C=C/CCCC(=O)OC. The highest BCUT2D eigenvalue weighted by molar-refractivity contribution is 6.53. The van der Waals surface area contributed by atoms with Gasteiger partial charge >= 0.3 is 5.97 Å². The Morgan fingerprint density at radius 1 is 1.07 bits per heavy atom. The van der Waals surface area contributed by atoms with Gasteiger partial charge < -0.3 is 14.2 Å².